The summed E-state index contributed by atoms with van der Waals surface area (Å²) in [7, 11) is 3.64. The van der Waals surface area contributed by atoms with Crippen LogP contribution in [-0.4, -0.2) is 21.6 Å². The molecule has 0 saturated carbocycles. The molecule has 0 aliphatic rings. The Bertz CT molecular complexity index is 795. The predicted molar refractivity (Wildman–Crippen MR) is 82.9 cm³/mol. The molecule has 20 heavy (non-hydrogen) atoms. The molecule has 5 heteroatoms. The van der Waals surface area contributed by atoms with Crippen LogP contribution in [0.3, 0.4) is 0 Å². The number of aromatic nitrogens is 3. The highest BCUT2D eigenvalue weighted by Crippen LogP contribution is 2.29. The molecule has 0 unspecified atom stereocenters. The van der Waals surface area contributed by atoms with Gasteiger partial charge in [0.2, 0.25) is 0 Å². The van der Waals surface area contributed by atoms with E-state index in [0.29, 0.717) is 5.82 Å². The molecule has 0 fully saturated rings. The van der Waals surface area contributed by atoms with E-state index in [4.69, 9.17) is 4.74 Å². The highest BCUT2D eigenvalue weighted by molar-refractivity contribution is 9.10. The number of halogens is 1. The highest BCUT2D eigenvalue weighted by Gasteiger charge is 2.13. The predicted octanol–water partition coefficient (Wildman–Crippen LogP) is 3.71. The molecule has 1 aromatic carbocycles. The average molecular weight is 332 g/mol. The van der Waals surface area contributed by atoms with Gasteiger partial charge in [0.1, 0.15) is 11.4 Å². The first-order valence-electron chi connectivity index (χ1n) is 6.23. The maximum absolute atomic E-state index is 5.25. The molecule has 4 nitrogen and oxygen atoms in total. The minimum atomic E-state index is 0.711. The van der Waals surface area contributed by atoms with Crippen LogP contribution in [0.4, 0.5) is 0 Å². The summed E-state index contributed by atoms with van der Waals surface area (Å²) >= 11 is 3.55. The lowest BCUT2D eigenvalue weighted by atomic mass is 10.2. The molecule has 102 valence electrons. The molecule has 3 aromatic rings. The van der Waals surface area contributed by atoms with Gasteiger partial charge in [-0.3, -0.25) is 0 Å². The third-order valence-corrected chi connectivity index (χ3v) is 3.88. The topological polar surface area (TPSA) is 39.9 Å². The molecule has 0 atom stereocenters. The maximum atomic E-state index is 5.25. The summed E-state index contributed by atoms with van der Waals surface area (Å²) in [5.41, 5.74) is 2.83. The number of nitrogens with zero attached hydrogens (tertiary/aromatic N) is 3. The summed E-state index contributed by atoms with van der Waals surface area (Å²) in [4.78, 5) is 9.28. The van der Waals surface area contributed by atoms with Crippen LogP contribution < -0.4 is 4.74 Å². The molecule has 0 radical (unpaired) electrons. The molecule has 0 aliphatic carbocycles. The zero-order valence-corrected chi connectivity index (χ0v) is 13.1. The number of hydrogen-bond acceptors (Lipinski definition) is 3. The van der Waals surface area contributed by atoms with E-state index in [1.54, 1.807) is 7.11 Å². The van der Waals surface area contributed by atoms with Crippen LogP contribution in [0.15, 0.2) is 34.9 Å². The van der Waals surface area contributed by atoms with E-state index in [1.165, 1.54) is 0 Å². The summed E-state index contributed by atoms with van der Waals surface area (Å²) < 4.78 is 8.27. The van der Waals surface area contributed by atoms with Crippen molar-refractivity contribution < 1.29 is 4.74 Å². The Labute approximate surface area is 125 Å². The second-order valence-electron chi connectivity index (χ2n) is 4.65. The number of ether oxygens (including phenoxy) is 1. The van der Waals surface area contributed by atoms with Crippen LogP contribution in [0.25, 0.3) is 22.4 Å². The van der Waals surface area contributed by atoms with Crippen molar-refractivity contribution in [1.82, 2.24) is 14.5 Å². The second-order valence-corrected chi connectivity index (χ2v) is 5.51. The van der Waals surface area contributed by atoms with Crippen molar-refractivity contribution in [3.8, 4) is 17.1 Å². The maximum Gasteiger partial charge on any atom is 0.161 e. The van der Waals surface area contributed by atoms with Gasteiger partial charge in [0.05, 0.1) is 18.2 Å². The molecule has 0 aliphatic heterocycles. The molecule has 3 rings (SSSR count). The van der Waals surface area contributed by atoms with Crippen LogP contribution in [0.2, 0.25) is 0 Å². The third kappa shape index (κ3) is 2.08. The Morgan fingerprint density at radius 3 is 2.80 bits per heavy atom. The number of methoxy groups -OCH3 is 1. The van der Waals surface area contributed by atoms with Gasteiger partial charge in [0.25, 0.3) is 0 Å². The molecule has 2 aromatic heterocycles. The molecule has 2 heterocycles. The molecular formula is C15H14BrN3O. The summed E-state index contributed by atoms with van der Waals surface area (Å²) in [6.45, 7) is 2.00. The highest BCUT2D eigenvalue weighted by atomic mass is 79.9. The fourth-order valence-corrected chi connectivity index (χ4v) is 3.05. The summed E-state index contributed by atoms with van der Waals surface area (Å²) in [5, 5.41) is 1.05. The Morgan fingerprint density at radius 2 is 2.05 bits per heavy atom. The van der Waals surface area contributed by atoms with E-state index in [0.717, 1.165) is 32.5 Å². The lowest BCUT2D eigenvalue weighted by Crippen LogP contribution is -1.96. The minimum Gasteiger partial charge on any atom is -0.497 e. The van der Waals surface area contributed by atoms with E-state index in [9.17, 15) is 0 Å². The van der Waals surface area contributed by atoms with Gasteiger partial charge < -0.3 is 9.30 Å². The van der Waals surface area contributed by atoms with Gasteiger partial charge in [-0.05, 0) is 35.0 Å². The molecular weight excluding hydrogens is 318 g/mol. The van der Waals surface area contributed by atoms with Crippen molar-refractivity contribution >= 4 is 27.0 Å². The first kappa shape index (κ1) is 13.1. The van der Waals surface area contributed by atoms with Gasteiger partial charge in [-0.1, -0.05) is 12.1 Å². The van der Waals surface area contributed by atoms with Gasteiger partial charge in [-0.15, -0.1) is 0 Å². The standard InChI is InChI=1S/C15H14BrN3O/c1-9-13-12(16)8-19(2)15(13)18-14(17-9)10-5-4-6-11(7-10)20-3/h4-8H,1-3H3. The normalized spacial score (nSPS) is 11.0. The van der Waals surface area contributed by atoms with Crippen LogP contribution in [0, 0.1) is 6.92 Å². The quantitative estimate of drug-likeness (QED) is 0.718. The van der Waals surface area contributed by atoms with Crippen LogP contribution in [-0.2, 0) is 7.05 Å². The second kappa shape index (κ2) is 4.90. The number of benzene rings is 1. The smallest absolute Gasteiger partial charge is 0.161 e. The van der Waals surface area contributed by atoms with Gasteiger partial charge in [0, 0.05) is 23.3 Å². The zero-order valence-electron chi connectivity index (χ0n) is 11.5. The van der Waals surface area contributed by atoms with Gasteiger partial charge in [0.15, 0.2) is 5.82 Å². The Balaban J connectivity index is 2.24. The monoisotopic (exact) mass is 331 g/mol. The average Bonchev–Trinajstić information content (AvgIpc) is 2.74. The Morgan fingerprint density at radius 1 is 1.25 bits per heavy atom. The van der Waals surface area contributed by atoms with E-state index in [2.05, 4.69) is 25.9 Å². The molecule has 0 saturated heterocycles. The van der Waals surface area contributed by atoms with Crippen molar-refractivity contribution in [2.75, 3.05) is 7.11 Å². The van der Waals surface area contributed by atoms with Crippen molar-refractivity contribution in [3.05, 3.63) is 40.6 Å². The first-order valence-corrected chi connectivity index (χ1v) is 7.03. The van der Waals surface area contributed by atoms with E-state index < -0.39 is 0 Å². The SMILES string of the molecule is COc1cccc(-c2nc(C)c3c(Br)cn(C)c3n2)c1. The fraction of sp³-hybridized carbons (Fsp3) is 0.200. The molecule has 0 amide bonds. The summed E-state index contributed by atoms with van der Waals surface area (Å²) in [6.07, 6.45) is 2.00. The Kier molecular flexibility index (Phi) is 3.22. The lowest BCUT2D eigenvalue weighted by molar-refractivity contribution is 0.415. The van der Waals surface area contributed by atoms with E-state index in [-0.39, 0.29) is 0 Å². The Hall–Kier alpha value is -1.88. The van der Waals surface area contributed by atoms with Crippen LogP contribution >= 0.6 is 15.9 Å². The van der Waals surface area contributed by atoms with Crippen molar-refractivity contribution in [2.24, 2.45) is 7.05 Å². The minimum absolute atomic E-state index is 0.711. The first-order chi connectivity index (χ1) is 9.60. The van der Waals surface area contributed by atoms with E-state index >= 15 is 0 Å². The number of rotatable bonds is 2. The number of fused-ring (bicyclic) bond motifs is 1. The van der Waals surface area contributed by atoms with Gasteiger partial charge in [-0.2, -0.15) is 0 Å². The van der Waals surface area contributed by atoms with Crippen LogP contribution in [0.5, 0.6) is 5.75 Å². The third-order valence-electron chi connectivity index (χ3n) is 3.28. The van der Waals surface area contributed by atoms with Crippen LogP contribution in [0.1, 0.15) is 5.69 Å². The number of aryl methyl sites for hydroxylation is 2. The molecule has 0 N–H and O–H groups in total. The van der Waals surface area contributed by atoms with Crippen molar-refractivity contribution in [2.45, 2.75) is 6.92 Å². The van der Waals surface area contributed by atoms with Crippen molar-refractivity contribution in [3.63, 3.8) is 0 Å². The van der Waals surface area contributed by atoms with E-state index in [1.807, 2.05) is 49.0 Å². The van der Waals surface area contributed by atoms with Gasteiger partial charge >= 0.3 is 0 Å². The molecule has 0 spiro atoms. The summed E-state index contributed by atoms with van der Waals surface area (Å²) in [5.74, 6) is 1.51. The summed E-state index contributed by atoms with van der Waals surface area (Å²) in [6, 6.07) is 7.78. The molecule has 0 bridgehead atoms. The lowest BCUT2D eigenvalue weighted by Gasteiger charge is -2.06. The van der Waals surface area contributed by atoms with Crippen molar-refractivity contribution in [1.29, 1.82) is 0 Å². The largest absolute Gasteiger partial charge is 0.497 e. The zero-order chi connectivity index (χ0) is 14.3. The number of hydrogen-bond donors (Lipinski definition) is 0. The van der Waals surface area contributed by atoms with Gasteiger partial charge in [-0.25, -0.2) is 9.97 Å². The fourth-order valence-electron chi connectivity index (χ4n) is 2.28.